The van der Waals surface area contributed by atoms with Crippen molar-refractivity contribution in [3.8, 4) is 0 Å². The van der Waals surface area contributed by atoms with Gasteiger partial charge in [-0.05, 0) is 55.3 Å². The molecule has 2 heterocycles. The number of nitrogens with zero attached hydrogens (tertiary/aromatic N) is 3. The molecule has 1 N–H and O–H groups in total. The molecule has 180 valence electrons. The van der Waals surface area contributed by atoms with Gasteiger partial charge in [0, 0.05) is 31.7 Å². The predicted molar refractivity (Wildman–Crippen MR) is 136 cm³/mol. The lowest BCUT2D eigenvalue weighted by Crippen LogP contribution is -2.38. The Bertz CT molecular complexity index is 1410. The molecule has 1 aliphatic heterocycles. The Morgan fingerprint density at radius 2 is 1.71 bits per heavy atom. The third kappa shape index (κ3) is 4.72. The first-order valence-electron chi connectivity index (χ1n) is 11.5. The lowest BCUT2D eigenvalue weighted by molar-refractivity contribution is -0.120. The number of hydrogen-bond acceptors (Lipinski definition) is 6. The molecule has 1 fully saturated rings. The number of piperidine rings is 1. The summed E-state index contributed by atoms with van der Waals surface area (Å²) in [4.78, 5) is 19.6. The van der Waals surface area contributed by atoms with Gasteiger partial charge in [0.05, 0.1) is 10.6 Å². The van der Waals surface area contributed by atoms with Gasteiger partial charge in [0.2, 0.25) is 5.91 Å². The van der Waals surface area contributed by atoms with Crippen molar-refractivity contribution in [2.75, 3.05) is 34.7 Å². The molecule has 9 heteroatoms. The third-order valence-corrected chi connectivity index (χ3v) is 8.08. The smallest absolute Gasteiger partial charge is 0.298 e. The van der Waals surface area contributed by atoms with Crippen LogP contribution in [0.15, 0.2) is 88.2 Å². The number of benzene rings is 3. The molecule has 3 aromatic carbocycles. The number of hydrogen-bond donors (Lipinski definition) is 1. The van der Waals surface area contributed by atoms with Gasteiger partial charge in [0.25, 0.3) is 16.0 Å². The fraction of sp³-hybridized carbons (Fsp3) is 0.231. The summed E-state index contributed by atoms with van der Waals surface area (Å²) in [5.41, 5.74) is 2.58. The first kappa shape index (κ1) is 22.9. The van der Waals surface area contributed by atoms with Crippen LogP contribution in [0.5, 0.6) is 0 Å². The van der Waals surface area contributed by atoms with Gasteiger partial charge < -0.3 is 14.6 Å². The molecule has 1 aliphatic rings. The molecule has 0 unspecified atom stereocenters. The fourth-order valence-electron chi connectivity index (χ4n) is 4.24. The van der Waals surface area contributed by atoms with Crippen molar-refractivity contribution < 1.29 is 17.6 Å². The van der Waals surface area contributed by atoms with Crippen LogP contribution < -0.4 is 14.5 Å². The van der Waals surface area contributed by atoms with Gasteiger partial charge in [-0.15, -0.1) is 0 Å². The van der Waals surface area contributed by atoms with E-state index in [1.165, 1.54) is 23.5 Å². The summed E-state index contributed by atoms with van der Waals surface area (Å²) >= 11 is 0. The average Bonchev–Trinajstić information content (AvgIpc) is 3.33. The van der Waals surface area contributed by atoms with E-state index in [0.29, 0.717) is 43.3 Å². The molecule has 5 rings (SSSR count). The molecule has 1 amide bonds. The second-order valence-corrected chi connectivity index (χ2v) is 10.5. The van der Waals surface area contributed by atoms with Crippen LogP contribution >= 0.6 is 0 Å². The maximum atomic E-state index is 13.1. The van der Waals surface area contributed by atoms with Crippen molar-refractivity contribution in [1.29, 1.82) is 0 Å². The van der Waals surface area contributed by atoms with Gasteiger partial charge in [-0.2, -0.15) is 4.98 Å². The highest BCUT2D eigenvalue weighted by molar-refractivity contribution is 7.92. The molecular weight excluding hydrogens is 464 g/mol. The number of sulfonamides is 1. The molecule has 8 nitrogen and oxygen atoms in total. The summed E-state index contributed by atoms with van der Waals surface area (Å²) in [6.07, 6.45) is 1.30. The molecule has 35 heavy (non-hydrogen) atoms. The summed E-state index contributed by atoms with van der Waals surface area (Å²) in [6, 6.07) is 23.4. The number of oxazole rings is 1. The number of amides is 1. The first-order valence-corrected chi connectivity index (χ1v) is 12.9. The highest BCUT2D eigenvalue weighted by Gasteiger charge is 2.28. The Balaban J connectivity index is 1.23. The molecule has 1 saturated heterocycles. The van der Waals surface area contributed by atoms with E-state index in [4.69, 9.17) is 4.42 Å². The number of nitrogens with one attached hydrogen (secondary N) is 1. The van der Waals surface area contributed by atoms with Gasteiger partial charge in [0.15, 0.2) is 5.58 Å². The highest BCUT2D eigenvalue weighted by Crippen LogP contribution is 2.28. The van der Waals surface area contributed by atoms with E-state index in [1.54, 1.807) is 36.4 Å². The van der Waals surface area contributed by atoms with E-state index in [-0.39, 0.29) is 16.7 Å². The Kier molecular flexibility index (Phi) is 6.17. The van der Waals surface area contributed by atoms with Crippen LogP contribution in [0.3, 0.4) is 0 Å². The molecule has 0 bridgehead atoms. The van der Waals surface area contributed by atoms with Crippen LogP contribution in [-0.2, 0) is 14.8 Å². The summed E-state index contributed by atoms with van der Waals surface area (Å²) in [5, 5.41) is 2.90. The van der Waals surface area contributed by atoms with E-state index in [0.717, 1.165) is 11.1 Å². The zero-order valence-electron chi connectivity index (χ0n) is 19.3. The molecule has 0 spiro atoms. The van der Waals surface area contributed by atoms with E-state index in [2.05, 4.69) is 15.2 Å². The average molecular weight is 491 g/mol. The van der Waals surface area contributed by atoms with Crippen LogP contribution in [-0.4, -0.2) is 39.4 Å². The molecule has 0 radical (unpaired) electrons. The van der Waals surface area contributed by atoms with E-state index in [9.17, 15) is 13.2 Å². The topological polar surface area (TPSA) is 95.8 Å². The molecule has 4 aromatic rings. The number of carbonyl (C=O) groups excluding carboxylic acids is 1. The lowest BCUT2D eigenvalue weighted by Gasteiger charge is -2.30. The van der Waals surface area contributed by atoms with Crippen LogP contribution in [0.2, 0.25) is 0 Å². The van der Waals surface area contributed by atoms with Crippen LogP contribution in [0.25, 0.3) is 11.1 Å². The maximum absolute atomic E-state index is 13.1. The summed E-state index contributed by atoms with van der Waals surface area (Å²) in [5.74, 6) is -0.295. The highest BCUT2D eigenvalue weighted by atomic mass is 32.2. The minimum atomic E-state index is -3.77. The van der Waals surface area contributed by atoms with E-state index >= 15 is 0 Å². The third-order valence-electron chi connectivity index (χ3n) is 6.30. The monoisotopic (exact) mass is 490 g/mol. The van der Waals surface area contributed by atoms with Crippen molar-refractivity contribution in [3.05, 3.63) is 78.9 Å². The minimum Gasteiger partial charge on any atom is -0.423 e. The van der Waals surface area contributed by atoms with Gasteiger partial charge in [-0.3, -0.25) is 9.10 Å². The fourth-order valence-corrected chi connectivity index (χ4v) is 5.48. The first-order chi connectivity index (χ1) is 16.9. The zero-order chi connectivity index (χ0) is 24.4. The number of carbonyl (C=O) groups is 1. The largest absolute Gasteiger partial charge is 0.423 e. The number of rotatable bonds is 6. The molecule has 0 saturated carbocycles. The Hall–Kier alpha value is -3.85. The van der Waals surface area contributed by atoms with Crippen molar-refractivity contribution in [3.63, 3.8) is 0 Å². The summed E-state index contributed by atoms with van der Waals surface area (Å²) in [7, 11) is -2.25. The predicted octanol–water partition coefficient (Wildman–Crippen LogP) is 4.51. The second-order valence-electron chi connectivity index (χ2n) is 8.55. The summed E-state index contributed by atoms with van der Waals surface area (Å²) in [6.45, 7) is 1.31. The normalized spacial score (nSPS) is 14.7. The van der Waals surface area contributed by atoms with Gasteiger partial charge in [-0.1, -0.05) is 36.4 Å². The number of fused-ring (bicyclic) bond motifs is 1. The van der Waals surface area contributed by atoms with Crippen molar-refractivity contribution in [2.45, 2.75) is 17.7 Å². The van der Waals surface area contributed by atoms with Crippen molar-refractivity contribution in [2.24, 2.45) is 5.92 Å². The molecule has 0 atom stereocenters. The van der Waals surface area contributed by atoms with Crippen molar-refractivity contribution >= 4 is 44.4 Å². The molecule has 1 aromatic heterocycles. The van der Waals surface area contributed by atoms with Gasteiger partial charge >= 0.3 is 0 Å². The van der Waals surface area contributed by atoms with Gasteiger partial charge in [0.1, 0.15) is 5.52 Å². The van der Waals surface area contributed by atoms with E-state index in [1.807, 2.05) is 30.3 Å². The van der Waals surface area contributed by atoms with Crippen molar-refractivity contribution in [1.82, 2.24) is 4.98 Å². The minimum absolute atomic E-state index is 0.117. The SMILES string of the molecule is CN(c1ccccc1)S(=O)(=O)c1cccc(NC(=O)C2CCN(c3nc4ccccc4o3)CC2)c1. The summed E-state index contributed by atoms with van der Waals surface area (Å²) < 4.78 is 33.3. The molecular formula is C26H26N4O4S. The van der Waals surface area contributed by atoms with Crippen LogP contribution in [0, 0.1) is 5.92 Å². The second kappa shape index (κ2) is 9.42. The molecule has 0 aliphatic carbocycles. The van der Waals surface area contributed by atoms with Gasteiger partial charge in [-0.25, -0.2) is 8.42 Å². The van der Waals surface area contributed by atoms with Crippen LogP contribution in [0.1, 0.15) is 12.8 Å². The Morgan fingerprint density at radius 3 is 2.46 bits per heavy atom. The number of para-hydroxylation sites is 3. The Morgan fingerprint density at radius 1 is 1.00 bits per heavy atom. The Labute approximate surface area is 204 Å². The number of aromatic nitrogens is 1. The lowest BCUT2D eigenvalue weighted by atomic mass is 9.96. The standard InChI is InChI=1S/C26H26N4O4S/c1-29(21-9-3-2-4-10-21)35(32,33)22-11-7-8-20(18-22)27-25(31)19-14-16-30(17-15-19)26-28-23-12-5-6-13-24(23)34-26/h2-13,18-19H,14-17H2,1H3,(H,27,31). The number of anilines is 3. The quantitative estimate of drug-likeness (QED) is 0.427. The zero-order valence-corrected chi connectivity index (χ0v) is 20.1. The van der Waals surface area contributed by atoms with E-state index < -0.39 is 10.0 Å². The van der Waals surface area contributed by atoms with Crippen LogP contribution in [0.4, 0.5) is 17.4 Å². The maximum Gasteiger partial charge on any atom is 0.298 e.